The fourth-order valence-electron chi connectivity index (χ4n) is 12.5. The van der Waals surface area contributed by atoms with Crippen LogP contribution in [0.1, 0.15) is 297 Å². The van der Waals surface area contributed by atoms with E-state index in [1.165, 1.54) is 128 Å². The Morgan fingerprint density at radius 2 is 0.598 bits per heavy atom. The van der Waals surface area contributed by atoms with Gasteiger partial charge in [0.2, 0.25) is 0 Å². The van der Waals surface area contributed by atoms with Gasteiger partial charge in [-0.3, -0.25) is 24.0 Å². The van der Waals surface area contributed by atoms with Gasteiger partial charge in [0.05, 0.1) is 59.1 Å². The molecule has 0 aliphatic heterocycles. The molecule has 8 aliphatic rings. The van der Waals surface area contributed by atoms with Crippen molar-refractivity contribution in [3.63, 3.8) is 0 Å². The highest BCUT2D eigenvalue weighted by Crippen LogP contribution is 2.62. The van der Waals surface area contributed by atoms with E-state index in [2.05, 4.69) is 6.92 Å². The van der Waals surface area contributed by atoms with Gasteiger partial charge in [-0.05, 0) is 226 Å². The molecule has 0 atom stereocenters. The van der Waals surface area contributed by atoms with Crippen molar-refractivity contribution in [1.29, 1.82) is 0 Å². The number of carbonyl (C=O) groups is 5. The zero-order valence-electron chi connectivity index (χ0n) is 58.4. The minimum absolute atomic E-state index is 0.110. The van der Waals surface area contributed by atoms with E-state index in [1.54, 1.807) is 0 Å². The van der Waals surface area contributed by atoms with Crippen molar-refractivity contribution in [2.45, 2.75) is 309 Å². The molecule has 4 bridgehead atoms. The van der Waals surface area contributed by atoms with E-state index in [4.69, 9.17) is 47.4 Å². The molecule has 8 rings (SSSR count). The fraction of sp³-hybridized carbons (Fsp3) is 0.931. The lowest BCUT2D eigenvalue weighted by atomic mass is 9.46. The van der Waals surface area contributed by atoms with E-state index in [0.717, 1.165) is 101 Å². The summed E-state index contributed by atoms with van der Waals surface area (Å²) in [5.74, 6) is 4.17. The first kappa shape index (κ1) is 78.4. The summed E-state index contributed by atoms with van der Waals surface area (Å²) in [4.78, 5) is 58.5. The standard InChI is InChI=1S/C19H32O3.2C14H26O3.C13H24O3.C12H22O3/c1-5-18(2,3)17(20)22-12-21-11-19(4)15-7-13-6-14(9-15)10-16(19)8-13;1-4-14(2,3)13(15)17-11-16-10-12-8-6-5-7-9-12;1-4-14(2,3)13(15)17-11-16-12-9-7-5-6-8-10-12;1-4-13(2,3)12(14)16-10-15-9-11-7-5-6-8-11;1-4-12(2,3)11(13)15-9-14-10-7-5-6-8-10/h13-16H,5-12H2,1-4H3;2*12H,4-11H2,1-3H3;11H,4-10H2,1-3H3;10H,4-9H2,1-3H3. The van der Waals surface area contributed by atoms with E-state index in [-0.39, 0.29) is 75.3 Å². The molecule has 0 radical (unpaired) electrons. The summed E-state index contributed by atoms with van der Waals surface area (Å²) in [6.07, 6.45) is 35.2. The summed E-state index contributed by atoms with van der Waals surface area (Å²) < 4.78 is 53.6. The number of rotatable bonds is 28. The second kappa shape index (κ2) is 39.5. The first-order valence-corrected chi connectivity index (χ1v) is 34.9. The molecule has 0 aromatic heterocycles. The van der Waals surface area contributed by atoms with Crippen LogP contribution in [-0.2, 0) is 71.3 Å². The Hall–Kier alpha value is -2.85. The lowest BCUT2D eigenvalue weighted by Gasteiger charge is -2.60. The minimum Gasteiger partial charge on any atom is -0.438 e. The minimum atomic E-state index is -0.407. The van der Waals surface area contributed by atoms with Gasteiger partial charge in [-0.15, -0.1) is 0 Å². The van der Waals surface area contributed by atoms with Crippen LogP contribution < -0.4 is 0 Å². The van der Waals surface area contributed by atoms with Gasteiger partial charge in [0.1, 0.15) is 0 Å². The van der Waals surface area contributed by atoms with Gasteiger partial charge in [-0.25, -0.2) is 0 Å². The van der Waals surface area contributed by atoms with Crippen molar-refractivity contribution in [1.82, 2.24) is 0 Å². The van der Waals surface area contributed by atoms with Crippen molar-refractivity contribution in [3.8, 4) is 0 Å². The lowest BCUT2D eigenvalue weighted by molar-refractivity contribution is -0.181. The largest absolute Gasteiger partial charge is 0.438 e. The van der Waals surface area contributed by atoms with Gasteiger partial charge in [0.25, 0.3) is 0 Å². The first-order chi connectivity index (χ1) is 41.1. The normalized spacial score (nSPS) is 23.7. The highest BCUT2D eigenvalue weighted by atomic mass is 16.7. The van der Waals surface area contributed by atoms with Gasteiger partial charge in [0, 0.05) is 0 Å². The average Bonchev–Trinajstić information content (AvgIpc) is 1.29. The maximum absolute atomic E-state index is 12.0. The molecular formula is C72H130O15. The maximum atomic E-state index is 12.0. The van der Waals surface area contributed by atoms with Crippen LogP contribution in [0.5, 0.6) is 0 Å². The van der Waals surface area contributed by atoms with Crippen LogP contribution in [0.3, 0.4) is 0 Å². The summed E-state index contributed by atoms with van der Waals surface area (Å²) in [5, 5.41) is 0. The number of hydrogen-bond acceptors (Lipinski definition) is 15. The Balaban J connectivity index is 0.000000287. The lowest BCUT2D eigenvalue weighted by Crippen LogP contribution is -2.53. The zero-order chi connectivity index (χ0) is 64.7. The Bertz CT molecular complexity index is 1900. The summed E-state index contributed by atoms with van der Waals surface area (Å²) in [6.45, 7) is 34.2. The predicted molar refractivity (Wildman–Crippen MR) is 343 cm³/mol. The van der Waals surface area contributed by atoms with Gasteiger partial charge in [-0.2, -0.15) is 0 Å². The van der Waals surface area contributed by atoms with Crippen molar-refractivity contribution >= 4 is 29.8 Å². The van der Waals surface area contributed by atoms with E-state index in [1.807, 2.05) is 104 Å². The van der Waals surface area contributed by atoms with Crippen molar-refractivity contribution < 1.29 is 71.3 Å². The third-order valence-electron chi connectivity index (χ3n) is 21.4. The topological polar surface area (TPSA) is 178 Å². The maximum Gasteiger partial charge on any atom is 0.313 e. The fourth-order valence-corrected chi connectivity index (χ4v) is 12.5. The second-order valence-electron chi connectivity index (χ2n) is 30.3. The predicted octanol–water partition coefficient (Wildman–Crippen LogP) is 17.6. The van der Waals surface area contributed by atoms with Crippen molar-refractivity contribution in [2.24, 2.45) is 68.0 Å². The van der Waals surface area contributed by atoms with Crippen LogP contribution >= 0.6 is 0 Å². The quantitative estimate of drug-likeness (QED) is 0.0237. The molecule has 508 valence electrons. The Morgan fingerprint density at radius 1 is 0.345 bits per heavy atom. The van der Waals surface area contributed by atoms with E-state index < -0.39 is 21.7 Å². The number of carbonyl (C=O) groups excluding carboxylic acids is 5. The highest BCUT2D eigenvalue weighted by molar-refractivity contribution is 5.77. The van der Waals surface area contributed by atoms with Crippen molar-refractivity contribution in [3.05, 3.63) is 0 Å². The molecule has 0 N–H and O–H groups in total. The van der Waals surface area contributed by atoms with Crippen LogP contribution in [0, 0.1) is 68.0 Å². The molecule has 0 amide bonds. The zero-order valence-corrected chi connectivity index (χ0v) is 58.4. The SMILES string of the molecule is CCC(C)(C)C(=O)OCOC1CCCC1.CCC(C)(C)C(=O)OCOC1CCCCCC1.CCC(C)(C)C(=O)OCOCC1(C)C2CC3CC(C2)CC1C3.CCC(C)(C)C(=O)OCOCC1CCCC1.CCC(C)(C)C(=O)OCOCC1CCCCC1. The third kappa shape index (κ3) is 28.3. The molecule has 87 heavy (non-hydrogen) atoms. The molecule has 8 saturated carbocycles. The molecule has 15 nitrogen and oxygen atoms in total. The molecule has 0 spiro atoms. The smallest absolute Gasteiger partial charge is 0.313 e. The molecule has 0 unspecified atom stereocenters. The number of ether oxygens (including phenoxy) is 10. The van der Waals surface area contributed by atoms with Gasteiger partial charge in [-0.1, -0.05) is 112 Å². The summed E-state index contributed by atoms with van der Waals surface area (Å²) in [6, 6.07) is 0. The Morgan fingerprint density at radius 3 is 0.908 bits per heavy atom. The Labute approximate surface area is 530 Å². The second-order valence-corrected chi connectivity index (χ2v) is 30.3. The average molecular weight is 1240 g/mol. The monoisotopic (exact) mass is 1230 g/mol. The molecule has 0 aromatic rings. The Kier molecular flexibility index (Phi) is 35.6. The van der Waals surface area contributed by atoms with Crippen molar-refractivity contribution in [2.75, 3.05) is 53.8 Å². The molecule has 0 saturated heterocycles. The van der Waals surface area contributed by atoms with E-state index in [9.17, 15) is 24.0 Å². The first-order valence-electron chi connectivity index (χ1n) is 34.9. The molecule has 0 aromatic carbocycles. The third-order valence-corrected chi connectivity index (χ3v) is 21.4. The molecule has 15 heteroatoms. The van der Waals surface area contributed by atoms with Gasteiger partial charge in [0.15, 0.2) is 34.0 Å². The number of hydrogen-bond donors (Lipinski definition) is 0. The number of esters is 5. The molecule has 8 aliphatic carbocycles. The van der Waals surface area contributed by atoms with Gasteiger partial charge >= 0.3 is 29.8 Å². The van der Waals surface area contributed by atoms with Crippen LogP contribution in [0.15, 0.2) is 0 Å². The van der Waals surface area contributed by atoms with E-state index >= 15 is 0 Å². The summed E-state index contributed by atoms with van der Waals surface area (Å²) in [7, 11) is 0. The van der Waals surface area contributed by atoms with Crippen LogP contribution in [0.2, 0.25) is 0 Å². The highest BCUT2D eigenvalue weighted by Gasteiger charge is 2.55. The summed E-state index contributed by atoms with van der Waals surface area (Å²) >= 11 is 0. The molecule has 8 fully saturated rings. The van der Waals surface area contributed by atoms with Crippen LogP contribution in [0.25, 0.3) is 0 Å². The van der Waals surface area contributed by atoms with Crippen LogP contribution in [0.4, 0.5) is 0 Å². The summed E-state index contributed by atoms with van der Waals surface area (Å²) in [5.41, 5.74) is -1.67. The molecular weight excluding hydrogens is 1100 g/mol. The van der Waals surface area contributed by atoms with E-state index in [0.29, 0.717) is 23.4 Å². The van der Waals surface area contributed by atoms with Crippen LogP contribution in [-0.4, -0.2) is 95.8 Å². The molecule has 0 heterocycles. The van der Waals surface area contributed by atoms with Gasteiger partial charge < -0.3 is 47.4 Å².